The molecule has 0 unspecified atom stereocenters. The average Bonchev–Trinajstić information content (AvgIpc) is 3.12. The van der Waals surface area contributed by atoms with Crippen LogP contribution in [0.2, 0.25) is 0 Å². The summed E-state index contributed by atoms with van der Waals surface area (Å²) in [6.45, 7) is 0. The normalized spacial score (nSPS) is 10.7. The number of nitrogens with zero attached hydrogens (tertiary/aromatic N) is 3. The van der Waals surface area contributed by atoms with Gasteiger partial charge in [-0.1, -0.05) is 41.6 Å². The number of hydrogen-bond acceptors (Lipinski definition) is 6. The minimum atomic E-state index is -0.604. The fraction of sp³-hybridized carbons (Fsp3) is 0.0526. The van der Waals surface area contributed by atoms with Crippen LogP contribution in [0.4, 0.5) is 0 Å². The number of ether oxygens (including phenoxy) is 1. The molecule has 0 aliphatic heterocycles. The molecule has 0 spiro atoms. The number of carbonyl (C=O) groups is 2. The molecule has 26 heavy (non-hydrogen) atoms. The Kier molecular flexibility index (Phi) is 5.19. The van der Waals surface area contributed by atoms with Gasteiger partial charge in [0.05, 0.1) is 30.8 Å². The summed E-state index contributed by atoms with van der Waals surface area (Å²) in [6.07, 6.45) is 2.63. The van der Waals surface area contributed by atoms with Gasteiger partial charge < -0.3 is 9.57 Å². The van der Waals surface area contributed by atoms with E-state index in [0.717, 1.165) is 5.69 Å². The summed E-state index contributed by atoms with van der Waals surface area (Å²) in [7, 11) is 1.28. The zero-order valence-electron chi connectivity index (χ0n) is 13.9. The Balaban J connectivity index is 1.89. The molecule has 7 heteroatoms. The number of aromatic nitrogens is 2. The first-order valence-electron chi connectivity index (χ1n) is 7.72. The molecular weight excluding hydrogens is 334 g/mol. The van der Waals surface area contributed by atoms with Gasteiger partial charge in [-0.25, -0.2) is 14.3 Å². The molecule has 0 saturated heterocycles. The monoisotopic (exact) mass is 349 g/mol. The summed E-state index contributed by atoms with van der Waals surface area (Å²) in [4.78, 5) is 28.8. The number of carbonyl (C=O) groups excluding carboxylic acids is 2. The van der Waals surface area contributed by atoms with Gasteiger partial charge in [-0.15, -0.1) is 0 Å². The van der Waals surface area contributed by atoms with Crippen molar-refractivity contribution in [3.05, 3.63) is 83.7 Å². The smallest absolute Gasteiger partial charge is 0.365 e. The fourth-order valence-corrected chi connectivity index (χ4v) is 2.28. The molecule has 0 bridgehead atoms. The Morgan fingerprint density at radius 2 is 1.65 bits per heavy atom. The summed E-state index contributed by atoms with van der Waals surface area (Å²) in [5.74, 6) is -1.17. The summed E-state index contributed by atoms with van der Waals surface area (Å²) in [6, 6.07) is 17.7. The number of oxime groups is 1. The van der Waals surface area contributed by atoms with Crippen molar-refractivity contribution >= 4 is 18.2 Å². The molecule has 130 valence electrons. The summed E-state index contributed by atoms with van der Waals surface area (Å²) >= 11 is 0. The van der Waals surface area contributed by atoms with Crippen LogP contribution in [0, 0.1) is 0 Å². The highest BCUT2D eigenvalue weighted by Gasteiger charge is 2.18. The standard InChI is InChI=1S/C19H15N3O4/c1-25-19(24)16-12-20-22(15-10-6-3-7-11-15)17(16)13-21-26-18(23)14-8-4-2-5-9-14/h2-13H,1H3/b21-13+. The van der Waals surface area contributed by atoms with E-state index in [0.29, 0.717) is 11.3 Å². The van der Waals surface area contributed by atoms with Crippen LogP contribution in [0.5, 0.6) is 0 Å². The van der Waals surface area contributed by atoms with Crippen molar-refractivity contribution < 1.29 is 19.2 Å². The molecule has 0 radical (unpaired) electrons. The van der Waals surface area contributed by atoms with E-state index in [1.165, 1.54) is 24.2 Å². The molecular formula is C19H15N3O4. The predicted octanol–water partition coefficient (Wildman–Crippen LogP) is 2.85. The molecule has 3 rings (SSSR count). The molecule has 0 saturated carbocycles. The maximum absolute atomic E-state index is 12.0. The Labute approximate surface area is 149 Å². The lowest BCUT2D eigenvalue weighted by Crippen LogP contribution is -2.08. The highest BCUT2D eigenvalue weighted by atomic mass is 16.7. The summed E-state index contributed by atoms with van der Waals surface area (Å²) in [5, 5.41) is 7.91. The SMILES string of the molecule is COC(=O)c1cnn(-c2ccccc2)c1/C=N/OC(=O)c1ccccc1. The van der Waals surface area contributed by atoms with Crippen LogP contribution in [-0.2, 0) is 9.57 Å². The van der Waals surface area contributed by atoms with Crippen LogP contribution in [-0.4, -0.2) is 35.0 Å². The second-order valence-corrected chi connectivity index (χ2v) is 5.16. The lowest BCUT2D eigenvalue weighted by molar-refractivity contribution is 0.0519. The van der Waals surface area contributed by atoms with Crippen molar-refractivity contribution in [1.29, 1.82) is 0 Å². The highest BCUT2D eigenvalue weighted by molar-refractivity contribution is 5.98. The second kappa shape index (κ2) is 7.89. The van der Waals surface area contributed by atoms with Crippen molar-refractivity contribution in [1.82, 2.24) is 9.78 Å². The Morgan fingerprint density at radius 3 is 2.31 bits per heavy atom. The van der Waals surface area contributed by atoms with Gasteiger partial charge in [0.1, 0.15) is 11.3 Å². The molecule has 3 aromatic rings. The predicted molar refractivity (Wildman–Crippen MR) is 94.4 cm³/mol. The van der Waals surface area contributed by atoms with Crippen molar-refractivity contribution in [2.24, 2.45) is 5.16 Å². The molecule has 0 N–H and O–H groups in total. The van der Waals surface area contributed by atoms with Gasteiger partial charge in [-0.2, -0.15) is 5.10 Å². The van der Waals surface area contributed by atoms with E-state index in [2.05, 4.69) is 10.3 Å². The van der Waals surface area contributed by atoms with Crippen molar-refractivity contribution in [3.8, 4) is 5.69 Å². The molecule has 0 atom stereocenters. The van der Waals surface area contributed by atoms with E-state index in [1.54, 1.807) is 30.3 Å². The number of para-hydroxylation sites is 1. The van der Waals surface area contributed by atoms with Crippen LogP contribution in [0.25, 0.3) is 5.69 Å². The minimum Gasteiger partial charge on any atom is -0.465 e. The number of methoxy groups -OCH3 is 1. The van der Waals surface area contributed by atoms with E-state index >= 15 is 0 Å². The van der Waals surface area contributed by atoms with Crippen LogP contribution in [0.3, 0.4) is 0 Å². The maximum Gasteiger partial charge on any atom is 0.365 e. The van der Waals surface area contributed by atoms with E-state index in [4.69, 9.17) is 9.57 Å². The number of benzene rings is 2. The van der Waals surface area contributed by atoms with E-state index < -0.39 is 11.9 Å². The van der Waals surface area contributed by atoms with Gasteiger partial charge in [-0.05, 0) is 24.3 Å². The van der Waals surface area contributed by atoms with Gasteiger partial charge in [0.15, 0.2) is 0 Å². The Hall–Kier alpha value is -3.74. The molecule has 0 aliphatic carbocycles. The van der Waals surface area contributed by atoms with Crippen molar-refractivity contribution in [3.63, 3.8) is 0 Å². The van der Waals surface area contributed by atoms with Crippen LogP contribution in [0.1, 0.15) is 26.4 Å². The number of esters is 1. The molecule has 1 aromatic heterocycles. The first-order valence-corrected chi connectivity index (χ1v) is 7.72. The average molecular weight is 349 g/mol. The van der Waals surface area contributed by atoms with Gasteiger partial charge in [0.2, 0.25) is 0 Å². The molecule has 1 heterocycles. The Bertz CT molecular complexity index is 934. The van der Waals surface area contributed by atoms with Crippen LogP contribution >= 0.6 is 0 Å². The lowest BCUT2D eigenvalue weighted by atomic mass is 10.2. The first-order chi connectivity index (χ1) is 12.7. The third-order valence-corrected chi connectivity index (χ3v) is 3.53. The zero-order valence-corrected chi connectivity index (χ0v) is 13.9. The number of hydrogen-bond donors (Lipinski definition) is 0. The van der Waals surface area contributed by atoms with Crippen LogP contribution in [0.15, 0.2) is 72.0 Å². The minimum absolute atomic E-state index is 0.205. The van der Waals surface area contributed by atoms with Gasteiger partial charge >= 0.3 is 11.9 Å². The first kappa shape index (κ1) is 17.1. The summed E-state index contributed by atoms with van der Waals surface area (Å²) in [5.41, 5.74) is 1.63. The van der Waals surface area contributed by atoms with E-state index in [9.17, 15) is 9.59 Å². The van der Waals surface area contributed by atoms with Gasteiger partial charge in [0.25, 0.3) is 0 Å². The third kappa shape index (κ3) is 3.67. The van der Waals surface area contributed by atoms with Crippen molar-refractivity contribution in [2.45, 2.75) is 0 Å². The summed E-state index contributed by atoms with van der Waals surface area (Å²) < 4.78 is 6.27. The quantitative estimate of drug-likeness (QED) is 0.306. The number of rotatable bonds is 5. The van der Waals surface area contributed by atoms with E-state index in [1.807, 2.05) is 30.3 Å². The van der Waals surface area contributed by atoms with Gasteiger partial charge in [-0.3, -0.25) is 0 Å². The van der Waals surface area contributed by atoms with E-state index in [-0.39, 0.29) is 5.56 Å². The highest BCUT2D eigenvalue weighted by Crippen LogP contribution is 2.14. The van der Waals surface area contributed by atoms with Crippen LogP contribution < -0.4 is 0 Å². The third-order valence-electron chi connectivity index (χ3n) is 3.53. The molecule has 0 aliphatic rings. The topological polar surface area (TPSA) is 82.8 Å². The largest absolute Gasteiger partial charge is 0.465 e. The zero-order chi connectivity index (χ0) is 18.4. The molecule has 0 amide bonds. The lowest BCUT2D eigenvalue weighted by Gasteiger charge is -2.05. The molecule has 0 fully saturated rings. The maximum atomic E-state index is 12.0. The second-order valence-electron chi connectivity index (χ2n) is 5.16. The van der Waals surface area contributed by atoms with Crippen molar-refractivity contribution in [2.75, 3.05) is 7.11 Å². The van der Waals surface area contributed by atoms with Gasteiger partial charge in [0, 0.05) is 0 Å². The molecule has 2 aromatic carbocycles. The molecule has 7 nitrogen and oxygen atoms in total. The fourth-order valence-electron chi connectivity index (χ4n) is 2.28. The Morgan fingerprint density at radius 1 is 1.00 bits per heavy atom.